The normalized spacial score (nSPS) is 21.6. The Hall–Kier alpha value is -2.26. The Morgan fingerprint density at radius 1 is 1.06 bits per heavy atom. The van der Waals surface area contributed by atoms with Gasteiger partial charge in [-0.1, -0.05) is 6.07 Å². The lowest BCUT2D eigenvalue weighted by Crippen LogP contribution is -2.46. The van der Waals surface area contributed by atoms with E-state index in [2.05, 4.69) is 10.2 Å². The predicted molar refractivity (Wildman–Crippen MR) is 130 cm³/mol. The number of ether oxygens (including phenoxy) is 2. The van der Waals surface area contributed by atoms with Crippen molar-refractivity contribution in [1.29, 1.82) is 0 Å². The highest BCUT2D eigenvalue weighted by molar-refractivity contribution is 5.81. The van der Waals surface area contributed by atoms with Crippen LogP contribution in [0.3, 0.4) is 0 Å². The van der Waals surface area contributed by atoms with E-state index in [1.54, 1.807) is 18.2 Å². The Bertz CT molecular complexity index is 896. The van der Waals surface area contributed by atoms with Crippen molar-refractivity contribution in [2.75, 3.05) is 32.8 Å². The highest BCUT2D eigenvalue weighted by Gasteiger charge is 2.37. The number of amides is 1. The molecule has 7 nitrogen and oxygen atoms in total. The molecule has 4 rings (SSSR count). The predicted octanol–water partition coefficient (Wildman–Crippen LogP) is 4.03. The molecule has 0 spiro atoms. The minimum atomic E-state index is -2.63. The molecule has 2 atom stereocenters. The van der Waals surface area contributed by atoms with Crippen LogP contribution >= 0.6 is 0 Å². The first-order valence-corrected chi connectivity index (χ1v) is 13.3. The summed E-state index contributed by atoms with van der Waals surface area (Å²) in [6.45, 7) is 3.37. The molecular formula is C27H38F2N2O5. The second-order valence-electron chi connectivity index (χ2n) is 10.3. The van der Waals surface area contributed by atoms with Gasteiger partial charge in [0.1, 0.15) is 25.1 Å². The molecule has 2 fully saturated rings. The van der Waals surface area contributed by atoms with Gasteiger partial charge < -0.3 is 24.8 Å². The number of aliphatic hydroxyl groups is 1. The van der Waals surface area contributed by atoms with Crippen LogP contribution in [0.2, 0.25) is 0 Å². The van der Waals surface area contributed by atoms with Gasteiger partial charge in [-0.05, 0) is 69.3 Å². The summed E-state index contributed by atoms with van der Waals surface area (Å²) in [5.41, 5.74) is 0.660. The number of unbranched alkanes of at least 4 members (excludes halogenated alkanes) is 1. The van der Waals surface area contributed by atoms with Crippen molar-refractivity contribution < 1.29 is 33.0 Å². The highest BCUT2D eigenvalue weighted by Crippen LogP contribution is 2.37. The number of benzene rings is 1. The standard InChI is InChI=1S/C27H38F2N2O5/c28-27(29)11-9-19(10-12-27)22(32)5-1-2-6-25(33)30-21(18-31-13-3-4-14-31)26(34)20-7-8-23-24(17-20)36-16-15-35-23/h7-8,17,19,21,26,34H,1-6,9-16,18H2,(H,30,33)/t21-,26-/m1/s1. The van der Waals surface area contributed by atoms with E-state index in [1.807, 2.05) is 0 Å². The first kappa shape index (κ1) is 26.8. The smallest absolute Gasteiger partial charge is 0.248 e. The minimum Gasteiger partial charge on any atom is -0.486 e. The molecule has 2 aliphatic heterocycles. The third kappa shape index (κ3) is 7.38. The van der Waals surface area contributed by atoms with Crippen molar-refractivity contribution in [2.24, 2.45) is 5.92 Å². The monoisotopic (exact) mass is 508 g/mol. The fourth-order valence-corrected chi connectivity index (χ4v) is 5.37. The maximum Gasteiger partial charge on any atom is 0.248 e. The topological polar surface area (TPSA) is 88.1 Å². The Morgan fingerprint density at radius 3 is 2.44 bits per heavy atom. The van der Waals surface area contributed by atoms with Crippen LogP contribution in [0, 0.1) is 5.92 Å². The third-order valence-corrected chi connectivity index (χ3v) is 7.54. The van der Waals surface area contributed by atoms with E-state index >= 15 is 0 Å². The zero-order chi connectivity index (χ0) is 25.5. The summed E-state index contributed by atoms with van der Waals surface area (Å²) < 4.78 is 37.9. The van der Waals surface area contributed by atoms with Crippen molar-refractivity contribution in [3.63, 3.8) is 0 Å². The fraction of sp³-hybridized carbons (Fsp3) is 0.704. The lowest BCUT2D eigenvalue weighted by atomic mass is 9.83. The number of likely N-dealkylation sites (tertiary alicyclic amines) is 1. The zero-order valence-electron chi connectivity index (χ0n) is 20.9. The van der Waals surface area contributed by atoms with Crippen molar-refractivity contribution >= 4 is 11.7 Å². The molecule has 9 heteroatoms. The number of halogens is 2. The average Bonchev–Trinajstić information content (AvgIpc) is 3.38. The van der Waals surface area contributed by atoms with Crippen LogP contribution in [0.1, 0.15) is 75.9 Å². The van der Waals surface area contributed by atoms with Crippen LogP contribution in [0.5, 0.6) is 11.5 Å². The lowest BCUT2D eigenvalue weighted by Gasteiger charge is -2.29. The van der Waals surface area contributed by atoms with Gasteiger partial charge >= 0.3 is 0 Å². The number of nitrogens with one attached hydrogen (secondary N) is 1. The number of carbonyl (C=O) groups excluding carboxylic acids is 2. The largest absolute Gasteiger partial charge is 0.486 e. The molecule has 0 bridgehead atoms. The summed E-state index contributed by atoms with van der Waals surface area (Å²) in [4.78, 5) is 27.4. The van der Waals surface area contributed by atoms with Gasteiger partial charge in [-0.3, -0.25) is 9.59 Å². The van der Waals surface area contributed by atoms with Crippen LogP contribution in [0.25, 0.3) is 0 Å². The van der Waals surface area contributed by atoms with Crippen molar-refractivity contribution in [2.45, 2.75) is 82.3 Å². The Kier molecular flexibility index (Phi) is 9.17. The molecule has 1 saturated heterocycles. The summed E-state index contributed by atoms with van der Waals surface area (Å²) in [6.07, 6.45) is 3.05. The van der Waals surface area contributed by atoms with Crippen LogP contribution in [0.15, 0.2) is 18.2 Å². The molecule has 0 unspecified atom stereocenters. The molecule has 1 aromatic rings. The first-order valence-electron chi connectivity index (χ1n) is 13.3. The number of Topliss-reactive ketones (excluding diaryl/α,β-unsaturated/α-hetero) is 1. The van der Waals surface area contributed by atoms with Crippen LogP contribution in [-0.4, -0.2) is 66.5 Å². The maximum absolute atomic E-state index is 13.3. The van der Waals surface area contributed by atoms with Gasteiger partial charge in [0.25, 0.3) is 0 Å². The van der Waals surface area contributed by atoms with Crippen LogP contribution < -0.4 is 14.8 Å². The fourth-order valence-electron chi connectivity index (χ4n) is 5.37. The van der Waals surface area contributed by atoms with Gasteiger partial charge in [-0.2, -0.15) is 0 Å². The summed E-state index contributed by atoms with van der Waals surface area (Å²) >= 11 is 0. The van der Waals surface area contributed by atoms with Crippen molar-refractivity contribution in [1.82, 2.24) is 10.2 Å². The van der Waals surface area contributed by atoms with Crippen LogP contribution in [0.4, 0.5) is 8.78 Å². The molecular weight excluding hydrogens is 470 g/mol. The molecule has 3 aliphatic rings. The second-order valence-corrected chi connectivity index (χ2v) is 10.3. The molecule has 0 radical (unpaired) electrons. The number of carbonyl (C=O) groups is 2. The number of nitrogens with zero attached hydrogens (tertiary/aromatic N) is 1. The van der Waals surface area contributed by atoms with Gasteiger partial charge in [-0.15, -0.1) is 0 Å². The van der Waals surface area contributed by atoms with E-state index in [9.17, 15) is 23.5 Å². The molecule has 1 saturated carbocycles. The van der Waals surface area contributed by atoms with Gasteiger partial charge in [0.05, 0.1) is 6.04 Å². The number of hydrogen-bond donors (Lipinski definition) is 2. The van der Waals surface area contributed by atoms with Crippen molar-refractivity contribution in [3.05, 3.63) is 23.8 Å². The maximum atomic E-state index is 13.3. The van der Waals surface area contributed by atoms with E-state index in [1.165, 1.54) is 0 Å². The number of hydrogen-bond acceptors (Lipinski definition) is 6. The quantitative estimate of drug-likeness (QED) is 0.439. The van der Waals surface area contributed by atoms with E-state index in [-0.39, 0.29) is 49.7 Å². The second kappa shape index (κ2) is 12.3. The molecule has 1 aromatic carbocycles. The van der Waals surface area contributed by atoms with Crippen molar-refractivity contribution in [3.8, 4) is 11.5 Å². The number of fused-ring (bicyclic) bond motifs is 1. The molecule has 2 heterocycles. The van der Waals surface area contributed by atoms with E-state index in [4.69, 9.17) is 9.47 Å². The molecule has 0 aromatic heterocycles. The highest BCUT2D eigenvalue weighted by atomic mass is 19.3. The Balaban J connectivity index is 1.27. The number of aliphatic hydroxyl groups excluding tert-OH is 1. The van der Waals surface area contributed by atoms with Gasteiger partial charge in [-0.25, -0.2) is 8.78 Å². The van der Waals surface area contributed by atoms with E-state index in [0.717, 1.165) is 25.9 Å². The number of rotatable bonds is 11. The average molecular weight is 509 g/mol. The van der Waals surface area contributed by atoms with Crippen LogP contribution in [-0.2, 0) is 9.59 Å². The summed E-state index contributed by atoms with van der Waals surface area (Å²) in [6, 6.07) is 4.87. The zero-order valence-corrected chi connectivity index (χ0v) is 20.9. The Labute approximate surface area is 211 Å². The first-order chi connectivity index (χ1) is 17.3. The van der Waals surface area contributed by atoms with Gasteiger partial charge in [0, 0.05) is 38.1 Å². The summed E-state index contributed by atoms with van der Waals surface area (Å²) in [5.74, 6) is -1.80. The SMILES string of the molecule is O=C(CCCCC(=O)C1CCC(F)(F)CC1)N[C@H](CN1CCCC1)[C@H](O)c1ccc2c(c1)OCCO2. The minimum absolute atomic E-state index is 0.0341. The molecule has 1 amide bonds. The summed E-state index contributed by atoms with van der Waals surface area (Å²) in [5, 5.41) is 14.2. The van der Waals surface area contributed by atoms with Gasteiger partial charge in [0.2, 0.25) is 11.8 Å². The Morgan fingerprint density at radius 2 is 1.72 bits per heavy atom. The number of alkyl halides is 2. The molecule has 1 aliphatic carbocycles. The molecule has 200 valence electrons. The summed E-state index contributed by atoms with van der Waals surface area (Å²) in [7, 11) is 0. The molecule has 2 N–H and O–H groups in total. The lowest BCUT2D eigenvalue weighted by molar-refractivity contribution is -0.127. The third-order valence-electron chi connectivity index (χ3n) is 7.54. The van der Waals surface area contributed by atoms with E-state index in [0.29, 0.717) is 56.1 Å². The van der Waals surface area contributed by atoms with E-state index < -0.39 is 18.1 Å². The number of ketones is 1. The molecule has 36 heavy (non-hydrogen) atoms. The van der Waals surface area contributed by atoms with Gasteiger partial charge in [0.15, 0.2) is 11.5 Å².